The molecule has 86 valence electrons. The molecule has 0 nitrogen and oxygen atoms in total. The molecule has 0 atom stereocenters. The van der Waals surface area contributed by atoms with Gasteiger partial charge in [-0.05, 0) is 0 Å². The van der Waals surface area contributed by atoms with Gasteiger partial charge in [0.1, 0.15) is 0 Å². The molecule has 1 heterocycles. The van der Waals surface area contributed by atoms with Crippen molar-refractivity contribution < 1.29 is 0 Å². The fraction of sp³-hybridized carbons (Fsp3) is 0.250. The third kappa shape index (κ3) is 1.93. The van der Waals surface area contributed by atoms with Crippen LogP contribution in [0.5, 0.6) is 0 Å². The van der Waals surface area contributed by atoms with Gasteiger partial charge in [0.2, 0.25) is 0 Å². The first-order valence-corrected chi connectivity index (χ1v) is 13.9. The first-order valence-electron chi connectivity index (χ1n) is 6.46. The standard InChI is InChI=1S/C8H8.C6H5.C2H5.Sn/c1-7-5-3-4-6-8(7)2;1-2-4-6-5-3-1;1-2;/h3-6H,1-2H2;1-5H;1H2,2H3;. The molecule has 0 N–H and O–H groups in total. The van der Waals surface area contributed by atoms with Crippen molar-refractivity contribution >= 4 is 22.0 Å². The monoisotopic (exact) mass is 330 g/mol. The van der Waals surface area contributed by atoms with Crippen molar-refractivity contribution in [2.24, 2.45) is 0 Å². The molecule has 1 heteroatoms. The summed E-state index contributed by atoms with van der Waals surface area (Å²) in [6.07, 6.45) is 0. The van der Waals surface area contributed by atoms with Crippen LogP contribution >= 0.6 is 0 Å². The maximum atomic E-state index is 2.41. The van der Waals surface area contributed by atoms with Gasteiger partial charge >= 0.3 is 108 Å². The zero-order valence-corrected chi connectivity index (χ0v) is 13.2. The van der Waals surface area contributed by atoms with E-state index in [9.17, 15) is 0 Å². The van der Waals surface area contributed by atoms with Crippen LogP contribution in [-0.2, 0) is 8.87 Å². The van der Waals surface area contributed by atoms with Crippen LogP contribution in [0.2, 0.25) is 4.44 Å². The van der Waals surface area contributed by atoms with Crippen molar-refractivity contribution in [1.29, 1.82) is 0 Å². The maximum absolute atomic E-state index is 2.41. The summed E-state index contributed by atoms with van der Waals surface area (Å²) in [5, 5.41) is 0. The second-order valence-electron chi connectivity index (χ2n) is 5.12. The van der Waals surface area contributed by atoms with Gasteiger partial charge in [-0.2, -0.15) is 0 Å². The predicted octanol–water partition coefficient (Wildman–Crippen LogP) is 3.24. The van der Waals surface area contributed by atoms with Gasteiger partial charge in [-0.3, -0.25) is 0 Å². The Labute approximate surface area is 108 Å². The molecule has 1 aliphatic rings. The van der Waals surface area contributed by atoms with Gasteiger partial charge in [0.05, 0.1) is 0 Å². The summed E-state index contributed by atoms with van der Waals surface area (Å²) in [5.41, 5.74) is 3.27. The molecule has 17 heavy (non-hydrogen) atoms. The Kier molecular flexibility index (Phi) is 2.99. The van der Waals surface area contributed by atoms with E-state index in [0.717, 1.165) is 0 Å². The third-order valence-electron chi connectivity index (χ3n) is 4.24. The molecule has 3 rings (SSSR count). The summed E-state index contributed by atoms with van der Waals surface area (Å²) >= 11 is -2.12. The molecule has 0 aliphatic carbocycles. The summed E-state index contributed by atoms with van der Waals surface area (Å²) in [6.45, 7) is 2.41. The Hall–Kier alpha value is -0.761. The van der Waals surface area contributed by atoms with E-state index in [1.54, 1.807) is 14.7 Å². The molecule has 2 aromatic carbocycles. The van der Waals surface area contributed by atoms with Crippen LogP contribution in [0, 0.1) is 0 Å². The van der Waals surface area contributed by atoms with Gasteiger partial charge in [0.25, 0.3) is 0 Å². The first kappa shape index (κ1) is 11.3. The van der Waals surface area contributed by atoms with Gasteiger partial charge in [-0.25, -0.2) is 0 Å². The molecular formula is C16H18Sn. The summed E-state index contributed by atoms with van der Waals surface area (Å²) in [6, 6.07) is 20.4. The van der Waals surface area contributed by atoms with Crippen molar-refractivity contribution in [2.45, 2.75) is 20.2 Å². The zero-order chi connectivity index (χ0) is 11.7. The van der Waals surface area contributed by atoms with Crippen LogP contribution in [-0.4, -0.2) is 18.4 Å². The van der Waals surface area contributed by atoms with E-state index in [-0.39, 0.29) is 0 Å². The van der Waals surface area contributed by atoms with Gasteiger partial charge in [0, 0.05) is 0 Å². The molecule has 0 fully saturated rings. The van der Waals surface area contributed by atoms with Crippen molar-refractivity contribution in [1.82, 2.24) is 0 Å². The van der Waals surface area contributed by atoms with Gasteiger partial charge in [-0.1, -0.05) is 0 Å². The quantitative estimate of drug-likeness (QED) is 0.742. The molecule has 2 aromatic rings. The Morgan fingerprint density at radius 2 is 1.35 bits per heavy atom. The minimum absolute atomic E-state index is 1.41. The molecule has 0 unspecified atom stereocenters. The fourth-order valence-corrected chi connectivity index (χ4v) is 16.0. The van der Waals surface area contributed by atoms with E-state index in [0.29, 0.717) is 0 Å². The summed E-state index contributed by atoms with van der Waals surface area (Å²) < 4.78 is 5.95. The van der Waals surface area contributed by atoms with E-state index >= 15 is 0 Å². The predicted molar refractivity (Wildman–Crippen MR) is 76.2 cm³/mol. The average Bonchev–Trinajstić information content (AvgIpc) is 2.79. The molecule has 0 spiro atoms. The SMILES string of the molecule is C[CH2][Sn]1([c]2ccccc2)[CH2]c2ccccc2[CH2]1. The fourth-order valence-electron chi connectivity index (χ4n) is 3.14. The number of benzene rings is 2. The molecular weight excluding hydrogens is 311 g/mol. The van der Waals surface area contributed by atoms with E-state index in [1.807, 2.05) is 0 Å². The second-order valence-corrected chi connectivity index (χ2v) is 18.1. The van der Waals surface area contributed by atoms with Gasteiger partial charge in [-0.15, -0.1) is 0 Å². The number of rotatable bonds is 2. The molecule has 0 saturated heterocycles. The normalized spacial score (nSPS) is 16.8. The molecule has 0 amide bonds. The molecule has 0 radical (unpaired) electrons. The van der Waals surface area contributed by atoms with E-state index < -0.39 is 18.4 Å². The van der Waals surface area contributed by atoms with Crippen LogP contribution in [0.25, 0.3) is 0 Å². The second kappa shape index (κ2) is 4.49. The molecule has 1 aliphatic heterocycles. The van der Waals surface area contributed by atoms with Crippen molar-refractivity contribution in [3.63, 3.8) is 0 Å². The Balaban J connectivity index is 2.03. The third-order valence-corrected chi connectivity index (χ3v) is 18.6. The molecule has 0 saturated carbocycles. The average molecular weight is 329 g/mol. The Morgan fingerprint density at radius 3 is 1.88 bits per heavy atom. The topological polar surface area (TPSA) is 0 Å². The van der Waals surface area contributed by atoms with Gasteiger partial charge < -0.3 is 0 Å². The van der Waals surface area contributed by atoms with Crippen LogP contribution in [0.1, 0.15) is 18.1 Å². The van der Waals surface area contributed by atoms with E-state index in [2.05, 4.69) is 61.5 Å². The van der Waals surface area contributed by atoms with Crippen LogP contribution in [0.15, 0.2) is 54.6 Å². The zero-order valence-electron chi connectivity index (χ0n) is 10.3. The Morgan fingerprint density at radius 1 is 0.824 bits per heavy atom. The van der Waals surface area contributed by atoms with Crippen molar-refractivity contribution in [2.75, 3.05) is 0 Å². The number of fused-ring (bicyclic) bond motifs is 1. The van der Waals surface area contributed by atoms with Crippen LogP contribution < -0.4 is 3.58 Å². The summed E-state index contributed by atoms with van der Waals surface area (Å²) in [5.74, 6) is 0. The van der Waals surface area contributed by atoms with E-state index in [1.165, 1.54) is 13.3 Å². The molecule has 0 bridgehead atoms. The van der Waals surface area contributed by atoms with Gasteiger partial charge in [0.15, 0.2) is 0 Å². The van der Waals surface area contributed by atoms with E-state index in [4.69, 9.17) is 0 Å². The first-order chi connectivity index (χ1) is 8.34. The van der Waals surface area contributed by atoms with Crippen LogP contribution in [0.3, 0.4) is 0 Å². The van der Waals surface area contributed by atoms with Crippen molar-refractivity contribution in [3.8, 4) is 0 Å². The summed E-state index contributed by atoms with van der Waals surface area (Å²) in [7, 11) is 0. The van der Waals surface area contributed by atoms with Crippen LogP contribution in [0.4, 0.5) is 0 Å². The number of hydrogen-bond acceptors (Lipinski definition) is 0. The Bertz CT molecular complexity index is 491. The van der Waals surface area contributed by atoms with Crippen molar-refractivity contribution in [3.05, 3.63) is 65.7 Å². The molecule has 0 aromatic heterocycles. The number of hydrogen-bond donors (Lipinski definition) is 0. The minimum atomic E-state index is -2.12. The summed E-state index contributed by atoms with van der Waals surface area (Å²) in [4.78, 5) is 0.